The van der Waals surface area contributed by atoms with Gasteiger partial charge in [0.1, 0.15) is 11.0 Å². The van der Waals surface area contributed by atoms with Crippen molar-refractivity contribution >= 4 is 44.4 Å². The van der Waals surface area contributed by atoms with Gasteiger partial charge in [-0.1, -0.05) is 42.5 Å². The summed E-state index contributed by atoms with van der Waals surface area (Å²) in [4.78, 5) is 12.8. The van der Waals surface area contributed by atoms with Crippen LogP contribution in [0.5, 0.6) is 0 Å². The van der Waals surface area contributed by atoms with Gasteiger partial charge >= 0.3 is 5.97 Å². The molecule has 2 heterocycles. The number of hydrogen-bond acceptors (Lipinski definition) is 6. The first-order valence-electron chi connectivity index (χ1n) is 9.95. The maximum absolute atomic E-state index is 13.8. The lowest BCUT2D eigenvalue weighted by molar-refractivity contribution is -0.138. The number of fused-ring (bicyclic) bond motifs is 2. The van der Waals surface area contributed by atoms with Gasteiger partial charge in [0.05, 0.1) is 22.3 Å². The second kappa shape index (κ2) is 7.39. The van der Waals surface area contributed by atoms with Gasteiger partial charge in [-0.15, -0.1) is 0 Å². The largest absolute Gasteiger partial charge is 0.480 e. The molecule has 1 aromatic heterocycles. The van der Waals surface area contributed by atoms with E-state index in [9.17, 15) is 18.3 Å². The van der Waals surface area contributed by atoms with Gasteiger partial charge < -0.3 is 5.11 Å². The highest BCUT2D eigenvalue weighted by molar-refractivity contribution is 7.93. The molecular weight excluding hydrogens is 446 g/mol. The first-order chi connectivity index (χ1) is 15.3. The lowest BCUT2D eigenvalue weighted by Crippen LogP contribution is -2.53. The Hall–Kier alpha value is -3.30. The van der Waals surface area contributed by atoms with E-state index in [4.69, 9.17) is 0 Å². The zero-order valence-corrected chi connectivity index (χ0v) is 18.9. The molecule has 0 bridgehead atoms. The summed E-state index contributed by atoms with van der Waals surface area (Å²) in [5.74, 6) is -1.94. The third kappa shape index (κ3) is 3.00. The molecule has 3 aromatic carbocycles. The van der Waals surface area contributed by atoms with Crippen LogP contribution in [-0.4, -0.2) is 34.3 Å². The number of aromatic nitrogens is 2. The number of nitrogens with zero attached hydrogens (tertiary/aromatic N) is 3. The minimum Gasteiger partial charge on any atom is -0.480 e. The Morgan fingerprint density at radius 3 is 2.38 bits per heavy atom. The second-order valence-electron chi connectivity index (χ2n) is 7.85. The maximum atomic E-state index is 13.8. The van der Waals surface area contributed by atoms with Crippen molar-refractivity contribution in [3.05, 3.63) is 82.9 Å². The summed E-state index contributed by atoms with van der Waals surface area (Å²) in [5.41, 5.74) is 4.29. The molecule has 1 aliphatic heterocycles. The fourth-order valence-corrected chi connectivity index (χ4v) is 7.06. The minimum absolute atomic E-state index is 0.113. The average Bonchev–Trinajstić information content (AvgIpc) is 3.22. The quantitative estimate of drug-likeness (QED) is 0.489. The Bertz CT molecular complexity index is 1460. The van der Waals surface area contributed by atoms with Crippen molar-refractivity contribution in [2.24, 2.45) is 0 Å². The van der Waals surface area contributed by atoms with Crippen LogP contribution in [0.3, 0.4) is 0 Å². The van der Waals surface area contributed by atoms with Gasteiger partial charge in [-0.2, -0.15) is 8.75 Å². The molecule has 32 heavy (non-hydrogen) atoms. The van der Waals surface area contributed by atoms with Gasteiger partial charge in [-0.3, -0.25) is 4.31 Å². The topological polar surface area (TPSA) is 100 Å². The molecule has 1 aliphatic rings. The first-order valence-corrected chi connectivity index (χ1v) is 12.1. The Morgan fingerprint density at radius 1 is 0.969 bits per heavy atom. The van der Waals surface area contributed by atoms with E-state index < -0.39 is 28.0 Å². The molecule has 162 valence electrons. The van der Waals surface area contributed by atoms with Crippen LogP contribution in [0.2, 0.25) is 0 Å². The zero-order valence-electron chi connectivity index (χ0n) is 17.3. The monoisotopic (exact) mass is 465 g/mol. The summed E-state index contributed by atoms with van der Waals surface area (Å²) in [5, 5.41) is 10.4. The molecule has 2 atom stereocenters. The van der Waals surface area contributed by atoms with E-state index in [1.54, 1.807) is 62.4 Å². The number of hydrogen-bond donors (Lipinski definition) is 1. The molecule has 0 spiro atoms. The highest BCUT2D eigenvalue weighted by Gasteiger charge is 2.49. The van der Waals surface area contributed by atoms with Crippen LogP contribution >= 0.6 is 11.7 Å². The molecule has 2 unspecified atom stereocenters. The third-order valence-corrected chi connectivity index (χ3v) is 8.32. The van der Waals surface area contributed by atoms with Gasteiger partial charge in [0.2, 0.25) is 0 Å². The van der Waals surface area contributed by atoms with Crippen LogP contribution in [0.25, 0.3) is 11.0 Å². The number of rotatable bonds is 3. The molecule has 0 saturated carbocycles. The van der Waals surface area contributed by atoms with Crippen molar-refractivity contribution in [3.8, 4) is 0 Å². The lowest BCUT2D eigenvalue weighted by atomic mass is 9.84. The Kier molecular flexibility index (Phi) is 4.75. The molecule has 0 saturated heterocycles. The summed E-state index contributed by atoms with van der Waals surface area (Å²) in [6.45, 7) is 3.58. The number of anilines is 1. The highest BCUT2D eigenvalue weighted by Crippen LogP contribution is 2.46. The molecule has 5 rings (SSSR count). The predicted octanol–water partition coefficient (Wildman–Crippen LogP) is 4.10. The van der Waals surface area contributed by atoms with E-state index in [1.165, 1.54) is 0 Å². The molecule has 0 amide bonds. The number of carboxylic acids is 1. The number of para-hydroxylation sites is 1. The standard InChI is InChI=1S/C23H19N3O4S2/c1-13-6-5-7-14(2)21(13)26-22(23(27)28)20(15-10-11-17-18(12-15)25-31-24-17)16-8-3-4-9-19(16)32(26,29)30/h3-12,20,22H,1-2H3,(H,27,28). The van der Waals surface area contributed by atoms with Gasteiger partial charge in [0.25, 0.3) is 10.0 Å². The van der Waals surface area contributed by atoms with E-state index >= 15 is 0 Å². The number of aryl methyl sites for hydroxylation is 2. The lowest BCUT2D eigenvalue weighted by Gasteiger charge is -2.41. The van der Waals surface area contributed by atoms with E-state index in [2.05, 4.69) is 8.75 Å². The first kappa shape index (κ1) is 20.6. The van der Waals surface area contributed by atoms with Crippen LogP contribution in [0, 0.1) is 13.8 Å². The van der Waals surface area contributed by atoms with E-state index in [1.807, 2.05) is 12.1 Å². The fourth-order valence-electron chi connectivity index (χ4n) is 4.54. The highest BCUT2D eigenvalue weighted by atomic mass is 32.2. The second-order valence-corrected chi connectivity index (χ2v) is 10.2. The number of benzene rings is 3. The van der Waals surface area contributed by atoms with Gasteiger partial charge in [0.15, 0.2) is 6.04 Å². The average molecular weight is 466 g/mol. The number of aliphatic carboxylic acids is 1. The van der Waals surface area contributed by atoms with Gasteiger partial charge in [0, 0.05) is 5.92 Å². The third-order valence-electron chi connectivity index (χ3n) is 5.91. The summed E-state index contributed by atoms with van der Waals surface area (Å²) in [6.07, 6.45) is 0. The molecule has 7 nitrogen and oxygen atoms in total. The zero-order chi connectivity index (χ0) is 22.6. The van der Waals surface area contributed by atoms with Crippen molar-refractivity contribution in [1.29, 1.82) is 0 Å². The van der Waals surface area contributed by atoms with Crippen molar-refractivity contribution in [3.63, 3.8) is 0 Å². The summed E-state index contributed by atoms with van der Waals surface area (Å²) < 4.78 is 37.2. The number of carbonyl (C=O) groups is 1. The Morgan fingerprint density at radius 2 is 1.66 bits per heavy atom. The van der Waals surface area contributed by atoms with Gasteiger partial charge in [-0.05, 0) is 54.3 Å². The number of carboxylic acid groups (broad SMARTS) is 1. The summed E-state index contributed by atoms with van der Waals surface area (Å²) in [6, 6.07) is 16.1. The molecule has 0 aliphatic carbocycles. The summed E-state index contributed by atoms with van der Waals surface area (Å²) in [7, 11) is -4.12. The molecular formula is C23H19N3O4S2. The SMILES string of the molecule is Cc1cccc(C)c1N1C(C(=O)O)C(c2ccc3nsnc3c2)c2ccccc2S1(=O)=O. The van der Waals surface area contributed by atoms with Crippen LogP contribution < -0.4 is 4.31 Å². The van der Waals surface area contributed by atoms with Crippen LogP contribution in [0.15, 0.2) is 65.6 Å². The molecule has 9 heteroatoms. The van der Waals surface area contributed by atoms with Crippen LogP contribution in [0.1, 0.15) is 28.2 Å². The number of sulfonamides is 1. The molecule has 1 N–H and O–H groups in total. The predicted molar refractivity (Wildman–Crippen MR) is 123 cm³/mol. The Balaban J connectivity index is 1.85. The minimum atomic E-state index is -4.12. The van der Waals surface area contributed by atoms with E-state index in [-0.39, 0.29) is 4.90 Å². The van der Waals surface area contributed by atoms with Gasteiger partial charge in [-0.25, -0.2) is 13.2 Å². The molecule has 4 aromatic rings. The van der Waals surface area contributed by atoms with Crippen molar-refractivity contribution in [2.45, 2.75) is 30.7 Å². The normalized spacial score (nSPS) is 19.6. The molecule has 0 radical (unpaired) electrons. The molecule has 0 fully saturated rings. The van der Waals surface area contributed by atoms with E-state index in [0.717, 1.165) is 16.0 Å². The van der Waals surface area contributed by atoms with Crippen LogP contribution in [0.4, 0.5) is 5.69 Å². The van der Waals surface area contributed by atoms with Crippen molar-refractivity contribution in [2.75, 3.05) is 4.31 Å². The van der Waals surface area contributed by atoms with Crippen molar-refractivity contribution < 1.29 is 18.3 Å². The van der Waals surface area contributed by atoms with E-state index in [0.29, 0.717) is 39.0 Å². The van der Waals surface area contributed by atoms with Crippen molar-refractivity contribution in [1.82, 2.24) is 8.75 Å². The summed E-state index contributed by atoms with van der Waals surface area (Å²) >= 11 is 1.08. The smallest absolute Gasteiger partial charge is 0.328 e. The maximum Gasteiger partial charge on any atom is 0.328 e. The Labute approximate surface area is 189 Å². The fraction of sp³-hybridized carbons (Fsp3) is 0.174. The van der Waals surface area contributed by atoms with Crippen LogP contribution in [-0.2, 0) is 14.8 Å².